The Morgan fingerprint density at radius 2 is 1.02 bits per heavy atom. The molecule has 0 heterocycles. The summed E-state index contributed by atoms with van der Waals surface area (Å²) in [5, 5.41) is 2.47. The molecular formula is C44H33OP. The molecule has 220 valence electrons. The lowest BCUT2D eigenvalue weighted by Crippen LogP contribution is -2.21. The van der Waals surface area contributed by atoms with Gasteiger partial charge in [0.1, 0.15) is 0 Å². The summed E-state index contributed by atoms with van der Waals surface area (Å²) < 4.78 is 16.0. The van der Waals surface area contributed by atoms with Crippen molar-refractivity contribution in [2.45, 2.75) is 11.8 Å². The first-order chi connectivity index (χ1) is 22.7. The Balaban J connectivity index is 1.47. The van der Waals surface area contributed by atoms with Gasteiger partial charge in [-0.05, 0) is 47.4 Å². The van der Waals surface area contributed by atoms with E-state index in [9.17, 15) is 0 Å². The van der Waals surface area contributed by atoms with Crippen molar-refractivity contribution in [3.8, 4) is 11.8 Å². The van der Waals surface area contributed by atoms with E-state index in [1.807, 2.05) is 115 Å². The Hall–Kier alpha value is -5.37. The summed E-state index contributed by atoms with van der Waals surface area (Å²) in [5.41, 5.74) is 8.68. The minimum absolute atomic E-state index is 0.0256. The van der Waals surface area contributed by atoms with E-state index in [1.54, 1.807) is 0 Å². The van der Waals surface area contributed by atoms with E-state index >= 15 is 4.57 Å². The highest BCUT2D eigenvalue weighted by molar-refractivity contribution is 7.82. The van der Waals surface area contributed by atoms with Crippen molar-refractivity contribution in [3.63, 3.8) is 0 Å². The van der Waals surface area contributed by atoms with Crippen molar-refractivity contribution >= 4 is 23.8 Å². The number of rotatable bonds is 7. The van der Waals surface area contributed by atoms with Crippen molar-refractivity contribution in [3.05, 3.63) is 215 Å². The highest BCUT2D eigenvalue weighted by Crippen LogP contribution is 2.70. The SMILES string of the molecule is O=P(C(=C=Cc1ccccc1C#Cc1ccccc1)C1CC1(c1ccccc1)c1ccccc1)(c1ccccc1)c1ccccc1. The Kier molecular flexibility index (Phi) is 8.25. The van der Waals surface area contributed by atoms with Crippen molar-refractivity contribution in [1.82, 2.24) is 0 Å². The second-order valence-corrected chi connectivity index (χ2v) is 14.4. The first-order valence-corrected chi connectivity index (χ1v) is 17.4. The van der Waals surface area contributed by atoms with Gasteiger partial charge in [0.2, 0.25) is 0 Å². The summed E-state index contributed by atoms with van der Waals surface area (Å²) in [6.07, 6.45) is 2.85. The van der Waals surface area contributed by atoms with Gasteiger partial charge in [0.25, 0.3) is 0 Å². The molecule has 46 heavy (non-hydrogen) atoms. The van der Waals surface area contributed by atoms with Crippen LogP contribution < -0.4 is 10.6 Å². The Labute approximate surface area is 272 Å². The summed E-state index contributed by atoms with van der Waals surface area (Å²) in [6, 6.07) is 59.4. The van der Waals surface area contributed by atoms with Gasteiger partial charge >= 0.3 is 0 Å². The Bertz CT molecular complexity index is 2030. The van der Waals surface area contributed by atoms with Crippen molar-refractivity contribution in [2.75, 3.05) is 0 Å². The van der Waals surface area contributed by atoms with Crippen LogP contribution in [0.5, 0.6) is 0 Å². The number of hydrogen-bond donors (Lipinski definition) is 0. The summed E-state index contributed by atoms with van der Waals surface area (Å²) >= 11 is 0. The maximum atomic E-state index is 16.0. The van der Waals surface area contributed by atoms with Crippen molar-refractivity contribution in [1.29, 1.82) is 0 Å². The van der Waals surface area contributed by atoms with Crippen LogP contribution in [0.3, 0.4) is 0 Å². The second kappa shape index (κ2) is 12.9. The Morgan fingerprint density at radius 3 is 1.57 bits per heavy atom. The van der Waals surface area contributed by atoms with Crippen LogP contribution in [-0.4, -0.2) is 0 Å². The normalized spacial score (nSPS) is 14.7. The lowest BCUT2D eigenvalue weighted by molar-refractivity contribution is 0.588. The third kappa shape index (κ3) is 5.62. The van der Waals surface area contributed by atoms with Crippen LogP contribution in [0.25, 0.3) is 6.08 Å². The van der Waals surface area contributed by atoms with Gasteiger partial charge in [-0.2, -0.15) is 0 Å². The van der Waals surface area contributed by atoms with E-state index < -0.39 is 7.14 Å². The van der Waals surface area contributed by atoms with E-state index in [0.29, 0.717) is 0 Å². The molecular weight excluding hydrogens is 575 g/mol. The molecule has 1 atom stereocenters. The summed E-state index contributed by atoms with van der Waals surface area (Å²) in [7, 11) is -3.33. The van der Waals surface area contributed by atoms with Gasteiger partial charge in [0, 0.05) is 38.4 Å². The van der Waals surface area contributed by atoms with Gasteiger partial charge in [-0.15, -0.1) is 5.73 Å². The average molecular weight is 609 g/mol. The third-order valence-corrected chi connectivity index (χ3v) is 12.1. The minimum atomic E-state index is -3.33. The maximum absolute atomic E-state index is 16.0. The van der Waals surface area contributed by atoms with Gasteiger partial charge in [-0.3, -0.25) is 0 Å². The summed E-state index contributed by atoms with van der Waals surface area (Å²) in [5.74, 6) is 6.65. The fourth-order valence-corrected chi connectivity index (χ4v) is 9.57. The molecule has 2 heteroatoms. The van der Waals surface area contributed by atoms with Crippen LogP contribution >= 0.6 is 7.14 Å². The summed E-state index contributed by atoms with van der Waals surface area (Å²) in [6.45, 7) is 0. The van der Waals surface area contributed by atoms with Crippen molar-refractivity contribution < 1.29 is 4.57 Å². The molecule has 1 nitrogen and oxygen atoms in total. The fraction of sp³-hybridized carbons (Fsp3) is 0.0682. The molecule has 1 saturated carbocycles. The molecule has 0 bridgehead atoms. The van der Waals surface area contributed by atoms with E-state index in [2.05, 4.69) is 84.3 Å². The number of allylic oxidation sites excluding steroid dienone is 1. The highest BCUT2D eigenvalue weighted by Gasteiger charge is 2.61. The molecule has 0 spiro atoms. The van der Waals surface area contributed by atoms with Gasteiger partial charge in [-0.25, -0.2) is 0 Å². The zero-order valence-electron chi connectivity index (χ0n) is 25.5. The lowest BCUT2D eigenvalue weighted by atomic mass is 9.85. The Morgan fingerprint density at radius 1 is 0.565 bits per heavy atom. The fourth-order valence-electron chi connectivity index (χ4n) is 6.53. The van der Waals surface area contributed by atoms with Crippen LogP contribution in [0.15, 0.2) is 187 Å². The van der Waals surface area contributed by atoms with E-state index in [4.69, 9.17) is 0 Å². The molecule has 0 saturated heterocycles. The quantitative estimate of drug-likeness (QED) is 0.100. The van der Waals surface area contributed by atoms with Gasteiger partial charge in [0.15, 0.2) is 7.14 Å². The van der Waals surface area contributed by atoms with Crippen LogP contribution in [0.4, 0.5) is 0 Å². The van der Waals surface area contributed by atoms with E-state index in [0.717, 1.165) is 39.0 Å². The smallest absolute Gasteiger partial charge is 0.174 e. The standard InChI is InChI=1S/C44H33OP/c45-46(40-26-12-4-13-27-40,41-28-14-5-15-29-41)43(33-32-37-21-17-16-20-36(37)31-30-35-18-6-1-7-19-35)42-34-44(42,38-22-8-2-9-23-38)39-24-10-3-11-25-39/h1-29,32,42H,34H2. The maximum Gasteiger partial charge on any atom is 0.174 e. The van der Waals surface area contributed by atoms with Crippen LogP contribution in [0, 0.1) is 17.8 Å². The molecule has 7 rings (SSSR count). The first kappa shape index (κ1) is 29.3. The van der Waals surface area contributed by atoms with Crippen LogP contribution in [-0.2, 0) is 9.98 Å². The van der Waals surface area contributed by atoms with Crippen LogP contribution in [0.1, 0.15) is 34.2 Å². The molecule has 1 fully saturated rings. The molecule has 0 aliphatic heterocycles. The highest BCUT2D eigenvalue weighted by atomic mass is 31.2. The zero-order valence-corrected chi connectivity index (χ0v) is 26.4. The molecule has 0 aromatic heterocycles. The van der Waals surface area contributed by atoms with Gasteiger partial charge in [0.05, 0.1) is 0 Å². The molecule has 6 aromatic carbocycles. The number of benzene rings is 6. The van der Waals surface area contributed by atoms with E-state index in [1.165, 1.54) is 11.1 Å². The first-order valence-electron chi connectivity index (χ1n) is 15.7. The summed E-state index contributed by atoms with van der Waals surface area (Å²) in [4.78, 5) is 0. The number of hydrogen-bond acceptors (Lipinski definition) is 1. The third-order valence-electron chi connectivity index (χ3n) is 8.90. The van der Waals surface area contributed by atoms with Gasteiger partial charge < -0.3 is 4.57 Å². The lowest BCUT2D eigenvalue weighted by Gasteiger charge is -2.25. The average Bonchev–Trinajstić information content (AvgIpc) is 3.89. The predicted octanol–water partition coefficient (Wildman–Crippen LogP) is 9.60. The topological polar surface area (TPSA) is 17.1 Å². The zero-order chi connectivity index (χ0) is 31.2. The second-order valence-electron chi connectivity index (χ2n) is 11.6. The molecule has 0 amide bonds. The largest absolute Gasteiger partial charge is 0.308 e. The molecule has 1 aliphatic rings. The molecule has 1 aliphatic carbocycles. The molecule has 1 unspecified atom stereocenters. The predicted molar refractivity (Wildman–Crippen MR) is 192 cm³/mol. The monoisotopic (exact) mass is 608 g/mol. The minimum Gasteiger partial charge on any atom is -0.308 e. The van der Waals surface area contributed by atoms with Gasteiger partial charge in [-0.1, -0.05) is 170 Å². The molecule has 0 radical (unpaired) electrons. The van der Waals surface area contributed by atoms with Crippen LogP contribution in [0.2, 0.25) is 0 Å². The van der Waals surface area contributed by atoms with Crippen molar-refractivity contribution in [2.24, 2.45) is 5.92 Å². The van der Waals surface area contributed by atoms with E-state index in [-0.39, 0.29) is 11.3 Å². The molecule has 0 N–H and O–H groups in total. The molecule has 6 aromatic rings.